The number of hydrogen-bond donors (Lipinski definition) is 1. The lowest BCUT2D eigenvalue weighted by Crippen LogP contribution is -2.53. The summed E-state index contributed by atoms with van der Waals surface area (Å²) in [5, 5.41) is 3.15. The minimum Gasteiger partial charge on any atom is -0.382 e. The zero-order valence-electron chi connectivity index (χ0n) is 14.4. The summed E-state index contributed by atoms with van der Waals surface area (Å²) < 4.78 is 11.0. The van der Waals surface area contributed by atoms with Crippen molar-refractivity contribution >= 4 is 6.03 Å². The van der Waals surface area contributed by atoms with E-state index < -0.39 is 0 Å². The molecule has 2 fully saturated rings. The number of benzene rings is 1. The first-order valence-corrected chi connectivity index (χ1v) is 8.92. The Balaban J connectivity index is 1.29. The molecule has 130 valence electrons. The highest BCUT2D eigenvalue weighted by Crippen LogP contribution is 2.60. The van der Waals surface area contributed by atoms with Crippen molar-refractivity contribution in [2.45, 2.75) is 31.5 Å². The lowest BCUT2D eigenvalue weighted by atomic mass is 10.0. The SMILES string of the molecule is COC[C@@H]1CN(C(=O)NC[C@@H]2[C@@H]3Cc4ccccc4[C@@H]23)C[C@H](C)O1. The van der Waals surface area contributed by atoms with Crippen molar-refractivity contribution in [3.63, 3.8) is 0 Å². The second-order valence-electron chi connectivity index (χ2n) is 7.37. The van der Waals surface area contributed by atoms with E-state index in [4.69, 9.17) is 9.47 Å². The highest BCUT2D eigenvalue weighted by molar-refractivity contribution is 5.74. The Bertz CT molecular complexity index is 620. The Hall–Kier alpha value is -1.59. The van der Waals surface area contributed by atoms with Crippen LogP contribution < -0.4 is 5.32 Å². The van der Waals surface area contributed by atoms with Crippen molar-refractivity contribution < 1.29 is 14.3 Å². The number of carbonyl (C=O) groups excluding carboxylic acids is 1. The minimum atomic E-state index is -0.0308. The molecule has 0 radical (unpaired) electrons. The average molecular weight is 330 g/mol. The van der Waals surface area contributed by atoms with E-state index in [9.17, 15) is 4.79 Å². The molecule has 4 rings (SSSR count). The molecule has 0 aromatic heterocycles. The second kappa shape index (κ2) is 6.37. The van der Waals surface area contributed by atoms with Gasteiger partial charge in [0.05, 0.1) is 25.4 Å². The van der Waals surface area contributed by atoms with Crippen molar-refractivity contribution in [3.8, 4) is 0 Å². The molecule has 0 spiro atoms. The van der Waals surface area contributed by atoms with E-state index in [0.717, 1.165) is 12.5 Å². The van der Waals surface area contributed by atoms with Crippen LogP contribution in [-0.4, -0.2) is 56.5 Å². The van der Waals surface area contributed by atoms with Crippen LogP contribution in [0.1, 0.15) is 24.0 Å². The highest BCUT2D eigenvalue weighted by Gasteiger charge is 2.55. The first-order chi connectivity index (χ1) is 11.7. The third kappa shape index (κ3) is 2.91. The molecule has 5 nitrogen and oxygen atoms in total. The molecule has 1 aliphatic heterocycles. The molecular weight excluding hydrogens is 304 g/mol. The fourth-order valence-electron chi connectivity index (χ4n) is 4.57. The van der Waals surface area contributed by atoms with E-state index in [1.165, 1.54) is 17.5 Å². The van der Waals surface area contributed by atoms with Crippen LogP contribution in [0.4, 0.5) is 4.79 Å². The van der Waals surface area contributed by atoms with Gasteiger partial charge in [0.15, 0.2) is 0 Å². The van der Waals surface area contributed by atoms with Crippen LogP contribution in [0.3, 0.4) is 0 Å². The molecule has 1 saturated heterocycles. The van der Waals surface area contributed by atoms with Crippen molar-refractivity contribution in [2.75, 3.05) is 33.4 Å². The fraction of sp³-hybridized carbons (Fsp3) is 0.632. The summed E-state index contributed by atoms with van der Waals surface area (Å²) in [5.74, 6) is 2.00. The third-order valence-electron chi connectivity index (χ3n) is 5.66. The second-order valence-corrected chi connectivity index (χ2v) is 7.37. The van der Waals surface area contributed by atoms with Gasteiger partial charge in [-0.2, -0.15) is 0 Å². The van der Waals surface area contributed by atoms with Gasteiger partial charge < -0.3 is 19.7 Å². The van der Waals surface area contributed by atoms with Crippen LogP contribution in [-0.2, 0) is 15.9 Å². The van der Waals surface area contributed by atoms with Crippen molar-refractivity contribution in [1.82, 2.24) is 10.2 Å². The van der Waals surface area contributed by atoms with Gasteiger partial charge in [0.25, 0.3) is 0 Å². The molecule has 0 bridgehead atoms. The van der Waals surface area contributed by atoms with E-state index in [1.807, 2.05) is 11.8 Å². The number of rotatable bonds is 4. The van der Waals surface area contributed by atoms with E-state index >= 15 is 0 Å². The molecule has 2 aliphatic carbocycles. The summed E-state index contributed by atoms with van der Waals surface area (Å²) in [6, 6.07) is 8.77. The Labute approximate surface area is 143 Å². The van der Waals surface area contributed by atoms with Crippen LogP contribution >= 0.6 is 0 Å². The zero-order valence-corrected chi connectivity index (χ0v) is 14.4. The molecule has 2 amide bonds. The molecular formula is C19H26N2O3. The molecule has 1 heterocycles. The molecule has 5 heteroatoms. The Morgan fingerprint density at radius 1 is 1.38 bits per heavy atom. The number of fused-ring (bicyclic) bond motifs is 3. The van der Waals surface area contributed by atoms with Gasteiger partial charge in [0.1, 0.15) is 0 Å². The van der Waals surface area contributed by atoms with E-state index in [2.05, 4.69) is 29.6 Å². The average Bonchev–Trinajstić information content (AvgIpc) is 3.10. The lowest BCUT2D eigenvalue weighted by molar-refractivity contribution is -0.0896. The smallest absolute Gasteiger partial charge is 0.317 e. The number of hydrogen-bond acceptors (Lipinski definition) is 3. The van der Waals surface area contributed by atoms with Gasteiger partial charge in [-0.05, 0) is 42.2 Å². The normalized spacial score (nSPS) is 33.8. The third-order valence-corrected chi connectivity index (χ3v) is 5.66. The maximum absolute atomic E-state index is 12.5. The van der Waals surface area contributed by atoms with Gasteiger partial charge >= 0.3 is 6.03 Å². The standard InChI is InChI=1S/C19H26N2O3/c1-12-9-21(10-14(24-12)11-23-2)19(22)20-8-17-16-7-13-5-3-4-6-15(13)18(16)17/h3-6,12,14,16-18H,7-11H2,1-2H3,(H,20,22)/t12-,14-,16-,17+,18+/m0/s1. The molecule has 24 heavy (non-hydrogen) atoms. The summed E-state index contributed by atoms with van der Waals surface area (Å²) in [6.45, 7) is 4.56. The molecule has 1 aromatic carbocycles. The van der Waals surface area contributed by atoms with Gasteiger partial charge in [-0.3, -0.25) is 0 Å². The number of nitrogens with one attached hydrogen (secondary N) is 1. The summed E-state index contributed by atoms with van der Waals surface area (Å²) in [7, 11) is 1.66. The van der Waals surface area contributed by atoms with E-state index in [1.54, 1.807) is 7.11 Å². The van der Waals surface area contributed by atoms with Gasteiger partial charge in [0, 0.05) is 20.2 Å². The van der Waals surface area contributed by atoms with Crippen LogP contribution in [0.2, 0.25) is 0 Å². The quantitative estimate of drug-likeness (QED) is 0.919. The Morgan fingerprint density at radius 3 is 3.04 bits per heavy atom. The first kappa shape index (κ1) is 15.9. The number of nitrogens with zero attached hydrogens (tertiary/aromatic N) is 1. The molecule has 1 aromatic rings. The predicted molar refractivity (Wildman–Crippen MR) is 91.0 cm³/mol. The first-order valence-electron chi connectivity index (χ1n) is 8.92. The monoisotopic (exact) mass is 330 g/mol. The fourth-order valence-corrected chi connectivity index (χ4v) is 4.57. The number of urea groups is 1. The number of methoxy groups -OCH3 is 1. The van der Waals surface area contributed by atoms with Gasteiger partial charge in [0.2, 0.25) is 0 Å². The number of amides is 2. The number of morpholine rings is 1. The van der Waals surface area contributed by atoms with Crippen LogP contribution in [0.5, 0.6) is 0 Å². The topological polar surface area (TPSA) is 50.8 Å². The van der Waals surface area contributed by atoms with Gasteiger partial charge in [-0.15, -0.1) is 0 Å². The molecule has 5 atom stereocenters. The summed E-state index contributed by atoms with van der Waals surface area (Å²) >= 11 is 0. The summed E-state index contributed by atoms with van der Waals surface area (Å²) in [4.78, 5) is 14.4. The summed E-state index contributed by atoms with van der Waals surface area (Å²) in [5.41, 5.74) is 3.00. The Morgan fingerprint density at radius 2 is 2.21 bits per heavy atom. The highest BCUT2D eigenvalue weighted by atomic mass is 16.5. The van der Waals surface area contributed by atoms with Crippen molar-refractivity contribution in [3.05, 3.63) is 35.4 Å². The Kier molecular flexibility index (Phi) is 4.22. The predicted octanol–water partition coefficient (Wildman–Crippen LogP) is 2.02. The van der Waals surface area contributed by atoms with E-state index in [0.29, 0.717) is 31.5 Å². The van der Waals surface area contributed by atoms with Crippen LogP contribution in [0.15, 0.2) is 24.3 Å². The molecule has 1 saturated carbocycles. The minimum absolute atomic E-state index is 0.0308. The number of carbonyl (C=O) groups is 1. The molecule has 3 aliphatic rings. The van der Waals surface area contributed by atoms with E-state index in [-0.39, 0.29) is 18.2 Å². The lowest BCUT2D eigenvalue weighted by Gasteiger charge is -2.36. The van der Waals surface area contributed by atoms with Crippen molar-refractivity contribution in [1.29, 1.82) is 0 Å². The molecule has 0 unspecified atom stereocenters. The summed E-state index contributed by atoms with van der Waals surface area (Å²) in [6.07, 6.45) is 1.19. The maximum Gasteiger partial charge on any atom is 0.317 e. The van der Waals surface area contributed by atoms with Gasteiger partial charge in [-0.1, -0.05) is 24.3 Å². The largest absolute Gasteiger partial charge is 0.382 e. The number of ether oxygens (including phenoxy) is 2. The molecule has 1 N–H and O–H groups in total. The van der Waals surface area contributed by atoms with Crippen molar-refractivity contribution in [2.24, 2.45) is 11.8 Å². The van der Waals surface area contributed by atoms with Crippen LogP contribution in [0.25, 0.3) is 0 Å². The zero-order chi connectivity index (χ0) is 16.7. The van der Waals surface area contributed by atoms with Gasteiger partial charge in [-0.25, -0.2) is 4.79 Å². The van der Waals surface area contributed by atoms with Crippen LogP contribution in [0, 0.1) is 11.8 Å². The maximum atomic E-state index is 12.5.